The lowest BCUT2D eigenvalue weighted by Gasteiger charge is -2.25. The number of anilines is 1. The maximum absolute atomic E-state index is 13.4. The monoisotopic (exact) mass is 196 g/mol. The number of likely N-dealkylation sites (N-methyl/N-ethyl adjacent to an activating group) is 1. The summed E-state index contributed by atoms with van der Waals surface area (Å²) in [5, 5.41) is 0. The molecule has 1 atom stereocenters. The maximum atomic E-state index is 13.4. The Morgan fingerprint density at radius 3 is 2.57 bits per heavy atom. The van der Waals surface area contributed by atoms with E-state index < -0.39 is 0 Å². The van der Waals surface area contributed by atoms with Gasteiger partial charge in [0.15, 0.2) is 0 Å². The summed E-state index contributed by atoms with van der Waals surface area (Å²) in [6, 6.07) is 6.83. The first-order valence-electron chi connectivity index (χ1n) is 4.90. The molecule has 0 radical (unpaired) electrons. The molecule has 2 nitrogen and oxygen atoms in total. The number of hydrogen-bond acceptors (Lipinski definition) is 2. The largest absolute Gasteiger partial charge is 0.368 e. The van der Waals surface area contributed by atoms with Crippen LogP contribution in [0.5, 0.6) is 0 Å². The van der Waals surface area contributed by atoms with Crippen LogP contribution in [0, 0.1) is 5.82 Å². The van der Waals surface area contributed by atoms with Gasteiger partial charge in [-0.2, -0.15) is 0 Å². The van der Waals surface area contributed by atoms with Gasteiger partial charge in [0.1, 0.15) is 5.82 Å². The van der Waals surface area contributed by atoms with E-state index in [0.717, 1.165) is 6.54 Å². The third-order valence-corrected chi connectivity index (χ3v) is 2.08. The van der Waals surface area contributed by atoms with E-state index in [2.05, 4.69) is 0 Å². The minimum absolute atomic E-state index is 0.0505. The van der Waals surface area contributed by atoms with Crippen LogP contribution in [0.2, 0.25) is 0 Å². The summed E-state index contributed by atoms with van der Waals surface area (Å²) in [6.45, 7) is 5.36. The highest BCUT2D eigenvalue weighted by Crippen LogP contribution is 2.18. The van der Waals surface area contributed by atoms with Gasteiger partial charge in [-0.1, -0.05) is 12.1 Å². The molecule has 0 heterocycles. The minimum Gasteiger partial charge on any atom is -0.368 e. The Bertz CT molecular complexity index is 286. The highest BCUT2D eigenvalue weighted by molar-refractivity contribution is 5.47. The van der Waals surface area contributed by atoms with Gasteiger partial charge in [0.25, 0.3) is 0 Å². The van der Waals surface area contributed by atoms with Crippen LogP contribution in [0.3, 0.4) is 0 Å². The van der Waals surface area contributed by atoms with Crippen LogP contribution < -0.4 is 10.6 Å². The number of halogens is 1. The summed E-state index contributed by atoms with van der Waals surface area (Å²) in [5.41, 5.74) is 6.32. The van der Waals surface area contributed by atoms with E-state index in [4.69, 9.17) is 5.73 Å². The van der Waals surface area contributed by atoms with Gasteiger partial charge in [0.05, 0.1) is 5.69 Å². The number of rotatable bonds is 4. The molecule has 78 valence electrons. The molecular weight excluding hydrogens is 179 g/mol. The Hall–Kier alpha value is -1.09. The van der Waals surface area contributed by atoms with Crippen molar-refractivity contribution < 1.29 is 4.39 Å². The normalized spacial score (nSPS) is 12.6. The molecule has 0 saturated heterocycles. The van der Waals surface area contributed by atoms with Crippen molar-refractivity contribution in [3.05, 3.63) is 30.1 Å². The summed E-state index contributed by atoms with van der Waals surface area (Å²) < 4.78 is 13.4. The smallest absolute Gasteiger partial charge is 0.146 e. The van der Waals surface area contributed by atoms with Crippen LogP contribution in [0.1, 0.15) is 13.8 Å². The first-order chi connectivity index (χ1) is 6.65. The van der Waals surface area contributed by atoms with Crippen LogP contribution in [0.15, 0.2) is 24.3 Å². The average Bonchev–Trinajstić information content (AvgIpc) is 2.15. The molecule has 0 aliphatic heterocycles. The zero-order valence-corrected chi connectivity index (χ0v) is 8.70. The molecule has 1 rings (SSSR count). The maximum Gasteiger partial charge on any atom is 0.146 e. The van der Waals surface area contributed by atoms with Gasteiger partial charge < -0.3 is 10.6 Å². The van der Waals surface area contributed by atoms with Crippen LogP contribution in [0.4, 0.5) is 10.1 Å². The highest BCUT2D eigenvalue weighted by Gasteiger charge is 2.10. The number of nitrogens with two attached hydrogens (primary N) is 1. The van der Waals surface area contributed by atoms with Crippen molar-refractivity contribution in [3.8, 4) is 0 Å². The molecule has 0 aromatic heterocycles. The quantitative estimate of drug-likeness (QED) is 0.798. The number of para-hydroxylation sites is 1. The lowest BCUT2D eigenvalue weighted by molar-refractivity contribution is 0.609. The fourth-order valence-corrected chi connectivity index (χ4v) is 1.45. The van der Waals surface area contributed by atoms with Gasteiger partial charge in [-0.25, -0.2) is 4.39 Å². The summed E-state index contributed by atoms with van der Waals surface area (Å²) in [4.78, 5) is 1.94. The molecule has 0 amide bonds. The number of nitrogens with zero attached hydrogens (tertiary/aromatic N) is 1. The van der Waals surface area contributed by atoms with Crippen molar-refractivity contribution in [2.24, 2.45) is 5.73 Å². The van der Waals surface area contributed by atoms with Crippen molar-refractivity contribution in [3.63, 3.8) is 0 Å². The third-order valence-electron chi connectivity index (χ3n) is 2.08. The summed E-state index contributed by atoms with van der Waals surface area (Å²) >= 11 is 0. The Kier molecular flexibility index (Phi) is 3.89. The third kappa shape index (κ3) is 2.70. The average molecular weight is 196 g/mol. The van der Waals surface area contributed by atoms with E-state index in [1.807, 2.05) is 24.8 Å². The van der Waals surface area contributed by atoms with E-state index in [1.165, 1.54) is 6.07 Å². The molecule has 0 aliphatic rings. The second-order valence-corrected chi connectivity index (χ2v) is 3.47. The fraction of sp³-hybridized carbons (Fsp3) is 0.455. The number of hydrogen-bond donors (Lipinski definition) is 1. The van der Waals surface area contributed by atoms with E-state index in [9.17, 15) is 4.39 Å². The second kappa shape index (κ2) is 4.96. The lowest BCUT2D eigenvalue weighted by atomic mass is 10.2. The molecule has 0 spiro atoms. The van der Waals surface area contributed by atoms with Crippen molar-refractivity contribution >= 4 is 5.69 Å². The Balaban J connectivity index is 2.83. The predicted octanol–water partition coefficient (Wildman–Crippen LogP) is 2.00. The molecule has 2 N–H and O–H groups in total. The zero-order valence-electron chi connectivity index (χ0n) is 8.70. The van der Waals surface area contributed by atoms with Crippen molar-refractivity contribution in [1.82, 2.24) is 0 Å². The standard InChI is InChI=1S/C11H17FN2/c1-3-14(8-9(2)13)11-7-5-4-6-10(11)12/h4-7,9H,3,8,13H2,1-2H3/t9-/m0/s1. The van der Waals surface area contributed by atoms with Gasteiger partial charge in [0.2, 0.25) is 0 Å². The van der Waals surface area contributed by atoms with Crippen LogP contribution in [0.25, 0.3) is 0 Å². The Morgan fingerprint density at radius 2 is 2.07 bits per heavy atom. The molecule has 0 aliphatic carbocycles. The second-order valence-electron chi connectivity index (χ2n) is 3.47. The zero-order chi connectivity index (χ0) is 10.6. The first-order valence-corrected chi connectivity index (χ1v) is 4.90. The molecular formula is C11H17FN2. The van der Waals surface area contributed by atoms with Gasteiger partial charge in [-0.15, -0.1) is 0 Å². The highest BCUT2D eigenvalue weighted by atomic mass is 19.1. The minimum atomic E-state index is -0.185. The summed E-state index contributed by atoms with van der Waals surface area (Å²) in [5.74, 6) is -0.185. The van der Waals surface area contributed by atoms with Gasteiger partial charge >= 0.3 is 0 Å². The molecule has 0 bridgehead atoms. The molecule has 3 heteroatoms. The van der Waals surface area contributed by atoms with Crippen molar-refractivity contribution in [1.29, 1.82) is 0 Å². The molecule has 1 aromatic carbocycles. The van der Waals surface area contributed by atoms with Crippen molar-refractivity contribution in [2.45, 2.75) is 19.9 Å². The van der Waals surface area contributed by atoms with Crippen molar-refractivity contribution in [2.75, 3.05) is 18.0 Å². The van der Waals surface area contributed by atoms with Gasteiger partial charge in [0, 0.05) is 19.1 Å². The van der Waals surface area contributed by atoms with E-state index in [0.29, 0.717) is 12.2 Å². The number of benzene rings is 1. The van der Waals surface area contributed by atoms with E-state index in [-0.39, 0.29) is 11.9 Å². The van der Waals surface area contributed by atoms with Crippen LogP contribution >= 0.6 is 0 Å². The predicted molar refractivity (Wildman–Crippen MR) is 57.9 cm³/mol. The molecule has 0 unspecified atom stereocenters. The first kappa shape index (κ1) is 11.0. The topological polar surface area (TPSA) is 29.3 Å². The molecule has 0 fully saturated rings. The summed E-state index contributed by atoms with van der Waals surface area (Å²) in [7, 11) is 0. The van der Waals surface area contributed by atoms with E-state index in [1.54, 1.807) is 12.1 Å². The lowest BCUT2D eigenvalue weighted by Crippen LogP contribution is -2.35. The fourth-order valence-electron chi connectivity index (χ4n) is 1.45. The molecule has 0 saturated carbocycles. The molecule has 1 aromatic rings. The van der Waals surface area contributed by atoms with Crippen LogP contribution in [-0.4, -0.2) is 19.1 Å². The van der Waals surface area contributed by atoms with Gasteiger partial charge in [-0.3, -0.25) is 0 Å². The Labute approximate surface area is 84.5 Å². The Morgan fingerprint density at radius 1 is 1.43 bits per heavy atom. The summed E-state index contributed by atoms with van der Waals surface area (Å²) in [6.07, 6.45) is 0. The van der Waals surface area contributed by atoms with E-state index >= 15 is 0 Å². The molecule has 14 heavy (non-hydrogen) atoms. The SMILES string of the molecule is CCN(C[C@H](C)N)c1ccccc1F. The van der Waals surface area contributed by atoms with Crippen LogP contribution in [-0.2, 0) is 0 Å². The van der Waals surface area contributed by atoms with Gasteiger partial charge in [-0.05, 0) is 26.0 Å².